The third-order valence-corrected chi connectivity index (χ3v) is 10.8. The van der Waals surface area contributed by atoms with Crippen molar-refractivity contribution in [3.63, 3.8) is 0 Å². The van der Waals surface area contributed by atoms with Gasteiger partial charge in [0.15, 0.2) is 37.2 Å². The van der Waals surface area contributed by atoms with Gasteiger partial charge < -0.3 is 4.90 Å². The number of nitrogens with zero attached hydrogens (tertiary/aromatic N) is 4. The average molecular weight is 718 g/mol. The lowest BCUT2D eigenvalue weighted by atomic mass is 10.1. The maximum absolute atomic E-state index is 2.36. The van der Waals surface area contributed by atoms with Crippen molar-refractivity contribution in [3.05, 3.63) is 109 Å². The molecular weight excluding hydrogens is 645 g/mol. The van der Waals surface area contributed by atoms with Gasteiger partial charge in [-0.3, -0.25) is 0 Å². The number of benzene rings is 1. The lowest BCUT2D eigenvalue weighted by molar-refractivity contribution is -0.697. The molecule has 4 rings (SSSR count). The normalized spacial score (nSPS) is 11.5. The Kier molecular flexibility index (Phi) is 20.6. The summed E-state index contributed by atoms with van der Waals surface area (Å²) in [4.78, 5) is 2.13. The van der Waals surface area contributed by atoms with Gasteiger partial charge in [-0.25, -0.2) is 13.7 Å². The third kappa shape index (κ3) is 17.7. The predicted molar refractivity (Wildman–Crippen MR) is 227 cm³/mol. The smallest absolute Gasteiger partial charge is 0.169 e. The first kappa shape index (κ1) is 42.0. The summed E-state index contributed by atoms with van der Waals surface area (Å²) in [6.07, 6.45) is 45.3. The summed E-state index contributed by atoms with van der Waals surface area (Å²) < 4.78 is 7.03. The van der Waals surface area contributed by atoms with Crippen LogP contribution in [-0.4, -0.2) is 14.1 Å². The highest BCUT2D eigenvalue weighted by Gasteiger charge is 2.07. The largest absolute Gasteiger partial charge is 0.378 e. The second-order valence-electron chi connectivity index (χ2n) is 15.6. The summed E-state index contributed by atoms with van der Waals surface area (Å²) in [5, 5.41) is 0. The van der Waals surface area contributed by atoms with Crippen LogP contribution in [0.25, 0.3) is 23.3 Å². The van der Waals surface area contributed by atoms with Crippen LogP contribution in [0.15, 0.2) is 97.8 Å². The summed E-state index contributed by atoms with van der Waals surface area (Å²) in [6.45, 7) is 5.66. The zero-order valence-corrected chi connectivity index (χ0v) is 33.9. The molecule has 4 aromatic rings. The molecule has 0 radical (unpaired) electrons. The van der Waals surface area contributed by atoms with Gasteiger partial charge in [0.2, 0.25) is 0 Å². The van der Waals surface area contributed by atoms with E-state index >= 15 is 0 Å². The number of hydrogen-bond acceptors (Lipinski definition) is 1. The van der Waals surface area contributed by atoms with E-state index in [0.29, 0.717) is 0 Å². The maximum atomic E-state index is 2.36. The van der Waals surface area contributed by atoms with Gasteiger partial charge in [0.1, 0.15) is 19.6 Å². The van der Waals surface area contributed by atoms with E-state index in [1.807, 2.05) is 0 Å². The van der Waals surface area contributed by atoms with Crippen LogP contribution in [0.1, 0.15) is 146 Å². The van der Waals surface area contributed by atoms with Crippen molar-refractivity contribution in [3.8, 4) is 11.1 Å². The Morgan fingerprint density at radius 1 is 0.377 bits per heavy atom. The topological polar surface area (TPSA) is 14.9 Å². The Morgan fingerprint density at radius 2 is 0.679 bits per heavy atom. The molecule has 0 amide bonds. The summed E-state index contributed by atoms with van der Waals surface area (Å²) in [5.74, 6) is 0. The predicted octanol–water partition coefficient (Wildman–Crippen LogP) is 12.0. The first-order chi connectivity index (χ1) is 26.1. The first-order valence-corrected chi connectivity index (χ1v) is 21.5. The van der Waals surface area contributed by atoms with Gasteiger partial charge in [0, 0.05) is 75.4 Å². The van der Waals surface area contributed by atoms with Crippen molar-refractivity contribution in [2.45, 2.75) is 155 Å². The van der Waals surface area contributed by atoms with Gasteiger partial charge in [0.05, 0.1) is 0 Å². The molecule has 0 spiro atoms. The van der Waals surface area contributed by atoms with Crippen molar-refractivity contribution >= 4 is 17.8 Å². The van der Waals surface area contributed by atoms with Crippen LogP contribution in [-0.2, 0) is 19.6 Å². The Bertz CT molecular complexity index is 1510. The summed E-state index contributed by atoms with van der Waals surface area (Å²) in [6, 6.07) is 22.2. The molecule has 286 valence electrons. The standard InChI is InChI=1S/C49H73N4/c1-4-5-6-7-8-9-12-15-19-22-37-52-41-32-47(33-42-52)48-34-43-53(44-35-48)38-23-20-17-14-11-10-13-16-18-21-36-51-39-30-46(31-40-51)25-24-45-26-28-49(29-27-45)50(2)3/h24-35,39-44H,4-23,36-38H2,1-3H3/q+3. The Labute approximate surface area is 324 Å². The quantitative estimate of drug-likeness (QED) is 0.0422. The summed E-state index contributed by atoms with van der Waals surface area (Å²) >= 11 is 0. The average Bonchev–Trinajstić information content (AvgIpc) is 3.19. The van der Waals surface area contributed by atoms with Crippen LogP contribution in [0.5, 0.6) is 0 Å². The van der Waals surface area contributed by atoms with Crippen molar-refractivity contribution < 1.29 is 13.7 Å². The lowest BCUT2D eigenvalue weighted by Gasteiger charge is -2.11. The first-order valence-electron chi connectivity index (χ1n) is 21.5. The molecule has 0 N–H and O–H groups in total. The molecule has 0 unspecified atom stereocenters. The summed E-state index contributed by atoms with van der Waals surface area (Å²) in [5.41, 5.74) is 6.33. The van der Waals surface area contributed by atoms with Crippen LogP contribution in [0.3, 0.4) is 0 Å². The molecule has 0 atom stereocenters. The number of aromatic nitrogens is 3. The van der Waals surface area contributed by atoms with Crippen LogP contribution in [0, 0.1) is 0 Å². The second kappa shape index (κ2) is 26.1. The summed E-state index contributed by atoms with van der Waals surface area (Å²) in [7, 11) is 4.15. The van der Waals surface area contributed by atoms with E-state index in [-0.39, 0.29) is 0 Å². The molecule has 0 saturated heterocycles. The molecular formula is C49H73N4+3. The van der Waals surface area contributed by atoms with Gasteiger partial charge in [0.25, 0.3) is 0 Å². The van der Waals surface area contributed by atoms with Crippen LogP contribution in [0.4, 0.5) is 5.69 Å². The van der Waals surface area contributed by atoms with Gasteiger partial charge in [-0.05, 0) is 53.6 Å². The minimum absolute atomic E-state index is 1.11. The number of hydrogen-bond donors (Lipinski definition) is 0. The molecule has 0 bridgehead atoms. The second-order valence-corrected chi connectivity index (χ2v) is 15.6. The Balaban J connectivity index is 0.954. The van der Waals surface area contributed by atoms with Crippen molar-refractivity contribution in [1.82, 2.24) is 0 Å². The monoisotopic (exact) mass is 718 g/mol. The molecule has 53 heavy (non-hydrogen) atoms. The fourth-order valence-electron chi connectivity index (χ4n) is 7.19. The maximum Gasteiger partial charge on any atom is 0.169 e. The molecule has 0 aliphatic rings. The SMILES string of the molecule is CCCCCCCCCCCC[n+]1ccc(-c2cc[n+](CCCCCCCCCCCC[n+]3ccc(/C=C/c4ccc(N(C)C)cc4)cc3)cc2)cc1. The van der Waals surface area contributed by atoms with Crippen molar-refractivity contribution in [2.75, 3.05) is 19.0 Å². The zero-order valence-electron chi connectivity index (χ0n) is 33.9. The number of aryl methyl sites for hydroxylation is 3. The van der Waals surface area contributed by atoms with Crippen LogP contribution < -0.4 is 18.6 Å². The highest BCUT2D eigenvalue weighted by atomic mass is 15.1. The molecule has 1 aromatic carbocycles. The lowest BCUT2D eigenvalue weighted by Crippen LogP contribution is -2.33. The van der Waals surface area contributed by atoms with Crippen LogP contribution >= 0.6 is 0 Å². The molecule has 3 aromatic heterocycles. The van der Waals surface area contributed by atoms with E-state index in [1.165, 1.54) is 156 Å². The van der Waals surface area contributed by atoms with E-state index in [4.69, 9.17) is 0 Å². The van der Waals surface area contributed by atoms with Gasteiger partial charge in [-0.1, -0.05) is 121 Å². The Hall–Kier alpha value is -3.79. The van der Waals surface area contributed by atoms with Crippen molar-refractivity contribution in [1.29, 1.82) is 0 Å². The molecule has 3 heterocycles. The van der Waals surface area contributed by atoms with Crippen LogP contribution in [0.2, 0.25) is 0 Å². The molecule has 0 saturated carbocycles. The van der Waals surface area contributed by atoms with E-state index in [1.54, 1.807) is 0 Å². The van der Waals surface area contributed by atoms with Gasteiger partial charge >= 0.3 is 0 Å². The molecule has 0 fully saturated rings. The molecule has 4 nitrogen and oxygen atoms in total. The number of anilines is 1. The number of unbranched alkanes of at least 4 members (excludes halogenated alkanes) is 18. The fraction of sp³-hybridized carbons (Fsp3) is 0.531. The minimum atomic E-state index is 1.11. The Morgan fingerprint density at radius 3 is 1.02 bits per heavy atom. The van der Waals surface area contributed by atoms with E-state index < -0.39 is 0 Å². The molecule has 0 aliphatic carbocycles. The van der Waals surface area contributed by atoms with E-state index in [9.17, 15) is 0 Å². The van der Waals surface area contributed by atoms with Gasteiger partial charge in [-0.2, -0.15) is 0 Å². The molecule has 0 aliphatic heterocycles. The van der Waals surface area contributed by atoms with Crippen molar-refractivity contribution in [2.24, 2.45) is 0 Å². The van der Waals surface area contributed by atoms with E-state index in [2.05, 4.69) is 150 Å². The highest BCUT2D eigenvalue weighted by Crippen LogP contribution is 2.17. The molecule has 4 heteroatoms. The highest BCUT2D eigenvalue weighted by molar-refractivity contribution is 5.70. The van der Waals surface area contributed by atoms with Gasteiger partial charge in [-0.15, -0.1) is 0 Å². The fourth-order valence-corrected chi connectivity index (χ4v) is 7.19. The van der Waals surface area contributed by atoms with E-state index in [0.717, 1.165) is 19.6 Å². The number of pyridine rings is 3. The number of rotatable bonds is 28. The third-order valence-electron chi connectivity index (χ3n) is 10.8. The minimum Gasteiger partial charge on any atom is -0.378 e. The zero-order chi connectivity index (χ0) is 37.2.